The zero-order valence-corrected chi connectivity index (χ0v) is 16.5. The van der Waals surface area contributed by atoms with Crippen molar-refractivity contribution in [3.05, 3.63) is 51.6 Å². The van der Waals surface area contributed by atoms with Crippen LogP contribution in [0.2, 0.25) is 5.02 Å². The van der Waals surface area contributed by atoms with Crippen LogP contribution in [0.15, 0.2) is 35.6 Å². The third kappa shape index (κ3) is 3.87. The highest BCUT2D eigenvalue weighted by Crippen LogP contribution is 2.39. The summed E-state index contributed by atoms with van der Waals surface area (Å²) < 4.78 is 0. The van der Waals surface area contributed by atoms with E-state index in [0.29, 0.717) is 17.3 Å². The van der Waals surface area contributed by atoms with Gasteiger partial charge in [0.25, 0.3) is 0 Å². The molecule has 0 bridgehead atoms. The van der Waals surface area contributed by atoms with E-state index in [1.165, 1.54) is 40.4 Å². The molecule has 1 amide bonds. The summed E-state index contributed by atoms with van der Waals surface area (Å²) in [6.07, 6.45) is 6.31. The lowest BCUT2D eigenvalue weighted by atomic mass is 9.97. The molecule has 1 N–H and O–H groups in total. The molecule has 0 aliphatic heterocycles. The highest BCUT2D eigenvalue weighted by Gasteiger charge is 2.20. The average molecular weight is 404 g/mol. The highest BCUT2D eigenvalue weighted by molar-refractivity contribution is 8.00. The minimum absolute atomic E-state index is 0.00849. The summed E-state index contributed by atoms with van der Waals surface area (Å²) in [4.78, 5) is 23.6. The van der Waals surface area contributed by atoms with E-state index in [1.807, 2.05) is 24.3 Å². The molecular weight excluding hydrogens is 386 g/mol. The van der Waals surface area contributed by atoms with Crippen LogP contribution in [0.5, 0.6) is 0 Å². The van der Waals surface area contributed by atoms with E-state index in [4.69, 9.17) is 11.6 Å². The first-order chi connectivity index (χ1) is 12.7. The number of carbonyl (C=O) groups excluding carboxylic acids is 1. The number of hydrogen-bond acceptors (Lipinski definition) is 5. The molecule has 7 heteroatoms. The number of carbonyl (C=O) groups is 1. The summed E-state index contributed by atoms with van der Waals surface area (Å²) in [7, 11) is 0. The van der Waals surface area contributed by atoms with Crippen LogP contribution in [-0.2, 0) is 24.2 Å². The monoisotopic (exact) mass is 403 g/mol. The first kappa shape index (κ1) is 17.8. The van der Waals surface area contributed by atoms with Gasteiger partial charge in [-0.15, -0.1) is 11.3 Å². The summed E-state index contributed by atoms with van der Waals surface area (Å²) in [6.45, 7) is 0.479. The summed E-state index contributed by atoms with van der Waals surface area (Å²) >= 11 is 9.24. The third-order valence-corrected chi connectivity index (χ3v) is 6.86. The minimum Gasteiger partial charge on any atom is -0.351 e. The maximum absolute atomic E-state index is 12.2. The molecule has 1 aromatic carbocycles. The van der Waals surface area contributed by atoms with Crippen molar-refractivity contribution in [1.82, 2.24) is 15.3 Å². The van der Waals surface area contributed by atoms with Gasteiger partial charge in [-0.25, -0.2) is 9.97 Å². The fourth-order valence-electron chi connectivity index (χ4n) is 3.20. The number of fused-ring (bicyclic) bond motifs is 3. The Morgan fingerprint density at radius 1 is 1.27 bits per heavy atom. The van der Waals surface area contributed by atoms with Crippen LogP contribution in [0, 0.1) is 0 Å². The molecule has 4 rings (SSSR count). The zero-order valence-electron chi connectivity index (χ0n) is 14.1. The molecule has 1 aliphatic carbocycles. The number of nitrogens with zero attached hydrogens (tertiary/aromatic N) is 2. The molecule has 26 heavy (non-hydrogen) atoms. The van der Waals surface area contributed by atoms with E-state index in [2.05, 4.69) is 15.3 Å². The highest BCUT2D eigenvalue weighted by atomic mass is 35.5. The second-order valence-corrected chi connectivity index (χ2v) is 8.75. The first-order valence-electron chi connectivity index (χ1n) is 8.60. The van der Waals surface area contributed by atoms with Gasteiger partial charge in [0.15, 0.2) is 0 Å². The lowest BCUT2D eigenvalue weighted by Gasteiger charge is -2.11. The third-order valence-electron chi connectivity index (χ3n) is 4.44. The molecule has 0 fully saturated rings. The predicted molar refractivity (Wildman–Crippen MR) is 108 cm³/mol. The van der Waals surface area contributed by atoms with Gasteiger partial charge >= 0.3 is 0 Å². The van der Waals surface area contributed by atoms with E-state index >= 15 is 0 Å². The number of aryl methyl sites for hydroxylation is 2. The minimum atomic E-state index is -0.00849. The maximum Gasteiger partial charge on any atom is 0.230 e. The SMILES string of the molecule is O=C(CSc1ncnc2sc3c(c12)CCCC3)NCc1cccc(Cl)c1. The van der Waals surface area contributed by atoms with Crippen molar-refractivity contribution >= 4 is 50.8 Å². The lowest BCUT2D eigenvalue weighted by molar-refractivity contribution is -0.118. The van der Waals surface area contributed by atoms with Crippen molar-refractivity contribution in [3.63, 3.8) is 0 Å². The smallest absolute Gasteiger partial charge is 0.230 e. The Bertz CT molecular complexity index is 957. The fraction of sp³-hybridized carbons (Fsp3) is 0.316. The molecule has 0 saturated heterocycles. The van der Waals surface area contributed by atoms with Crippen molar-refractivity contribution in [2.75, 3.05) is 5.75 Å². The predicted octanol–water partition coefficient (Wildman–Crippen LogP) is 4.63. The Morgan fingerprint density at radius 3 is 3.04 bits per heavy atom. The van der Waals surface area contributed by atoms with Gasteiger partial charge in [0.1, 0.15) is 16.2 Å². The van der Waals surface area contributed by atoms with E-state index in [-0.39, 0.29) is 5.91 Å². The number of thiophene rings is 1. The van der Waals surface area contributed by atoms with Gasteiger partial charge in [0.2, 0.25) is 5.91 Å². The molecule has 134 valence electrons. The van der Waals surface area contributed by atoms with Crippen LogP contribution in [-0.4, -0.2) is 21.6 Å². The topological polar surface area (TPSA) is 54.9 Å². The Labute approximate surface area is 165 Å². The van der Waals surface area contributed by atoms with Crippen molar-refractivity contribution in [2.45, 2.75) is 37.3 Å². The van der Waals surface area contributed by atoms with Gasteiger partial charge in [-0.1, -0.05) is 35.5 Å². The Balaban J connectivity index is 1.43. The van der Waals surface area contributed by atoms with E-state index in [9.17, 15) is 4.79 Å². The van der Waals surface area contributed by atoms with Crippen LogP contribution in [0.25, 0.3) is 10.2 Å². The van der Waals surface area contributed by atoms with Crippen LogP contribution >= 0.6 is 34.7 Å². The number of thioether (sulfide) groups is 1. The Hall–Kier alpha value is -1.63. The molecule has 3 aromatic rings. The van der Waals surface area contributed by atoms with Crippen LogP contribution < -0.4 is 5.32 Å². The molecule has 0 radical (unpaired) electrons. The number of amides is 1. The van der Waals surface area contributed by atoms with Crippen LogP contribution in [0.4, 0.5) is 0 Å². The number of benzene rings is 1. The quantitative estimate of drug-likeness (QED) is 0.498. The van der Waals surface area contributed by atoms with Gasteiger partial charge in [-0.2, -0.15) is 0 Å². The largest absolute Gasteiger partial charge is 0.351 e. The van der Waals surface area contributed by atoms with Gasteiger partial charge < -0.3 is 5.32 Å². The zero-order chi connectivity index (χ0) is 17.9. The number of nitrogens with one attached hydrogen (secondary N) is 1. The average Bonchev–Trinajstić information content (AvgIpc) is 3.04. The first-order valence-corrected chi connectivity index (χ1v) is 10.8. The van der Waals surface area contributed by atoms with E-state index in [0.717, 1.165) is 28.3 Å². The van der Waals surface area contributed by atoms with Crippen molar-refractivity contribution < 1.29 is 4.79 Å². The molecule has 0 saturated carbocycles. The second kappa shape index (κ2) is 7.94. The van der Waals surface area contributed by atoms with Crippen molar-refractivity contribution in [3.8, 4) is 0 Å². The van der Waals surface area contributed by atoms with E-state index in [1.54, 1.807) is 17.7 Å². The summed E-state index contributed by atoms with van der Waals surface area (Å²) in [5.41, 5.74) is 2.39. The van der Waals surface area contributed by atoms with Crippen LogP contribution in [0.3, 0.4) is 0 Å². The van der Waals surface area contributed by atoms with Crippen LogP contribution in [0.1, 0.15) is 28.8 Å². The lowest BCUT2D eigenvalue weighted by Crippen LogP contribution is -2.24. The number of hydrogen-bond donors (Lipinski definition) is 1. The van der Waals surface area contributed by atoms with Crippen molar-refractivity contribution in [2.24, 2.45) is 0 Å². The van der Waals surface area contributed by atoms with Gasteiger partial charge in [-0.3, -0.25) is 4.79 Å². The normalized spacial score (nSPS) is 13.6. The fourth-order valence-corrected chi connectivity index (χ4v) is 5.57. The molecule has 4 nitrogen and oxygen atoms in total. The summed E-state index contributed by atoms with van der Waals surface area (Å²) in [5, 5.41) is 5.71. The molecule has 1 aliphatic rings. The number of rotatable bonds is 5. The molecule has 2 heterocycles. The Morgan fingerprint density at radius 2 is 2.15 bits per heavy atom. The van der Waals surface area contributed by atoms with Gasteiger partial charge in [0.05, 0.1) is 5.75 Å². The van der Waals surface area contributed by atoms with E-state index < -0.39 is 0 Å². The Kier molecular flexibility index (Phi) is 5.43. The number of halogens is 1. The molecule has 2 aromatic heterocycles. The van der Waals surface area contributed by atoms with Gasteiger partial charge in [-0.05, 0) is 48.9 Å². The molecule has 0 spiro atoms. The standard InChI is InChI=1S/C19H18ClN3OS2/c20-13-5-3-4-12(8-13)9-21-16(24)10-25-18-17-14-6-1-2-7-15(14)26-19(17)23-11-22-18/h3-5,8,11H,1-2,6-7,9-10H2,(H,21,24). The molecular formula is C19H18ClN3OS2. The molecule has 0 unspecified atom stereocenters. The maximum atomic E-state index is 12.2. The number of aromatic nitrogens is 2. The summed E-state index contributed by atoms with van der Waals surface area (Å²) in [5.74, 6) is 0.336. The molecule has 0 atom stereocenters. The van der Waals surface area contributed by atoms with Gasteiger partial charge in [0, 0.05) is 21.8 Å². The second-order valence-electron chi connectivity index (χ2n) is 6.27. The summed E-state index contributed by atoms with van der Waals surface area (Å²) in [6, 6.07) is 7.52. The van der Waals surface area contributed by atoms with Crippen molar-refractivity contribution in [1.29, 1.82) is 0 Å².